The van der Waals surface area contributed by atoms with Crippen molar-refractivity contribution in [3.05, 3.63) is 57.8 Å². The minimum Gasteiger partial charge on any atom is -0.384 e. The van der Waals surface area contributed by atoms with Crippen molar-refractivity contribution in [3.8, 4) is 11.8 Å². The highest BCUT2D eigenvalue weighted by molar-refractivity contribution is 7.14. The van der Waals surface area contributed by atoms with E-state index in [4.69, 9.17) is 5.11 Å². The Morgan fingerprint density at radius 2 is 2.05 bits per heavy atom. The Morgan fingerprint density at radius 1 is 1.29 bits per heavy atom. The lowest BCUT2D eigenvalue weighted by molar-refractivity contribution is 0.0944. The van der Waals surface area contributed by atoms with Gasteiger partial charge in [-0.1, -0.05) is 42.2 Å². The molecule has 2 N–H and O–H groups in total. The van der Waals surface area contributed by atoms with E-state index in [1.165, 1.54) is 16.9 Å². The van der Waals surface area contributed by atoms with E-state index in [-0.39, 0.29) is 18.6 Å². The summed E-state index contributed by atoms with van der Waals surface area (Å²) in [7, 11) is 0. The fraction of sp³-hybridized carbons (Fsp3) is 0.235. The van der Waals surface area contributed by atoms with Crippen molar-refractivity contribution in [2.24, 2.45) is 0 Å². The number of hydrogen-bond donors (Lipinski definition) is 2. The predicted molar refractivity (Wildman–Crippen MR) is 85.4 cm³/mol. The van der Waals surface area contributed by atoms with E-state index in [2.05, 4.69) is 29.3 Å². The summed E-state index contributed by atoms with van der Waals surface area (Å²) in [5.41, 5.74) is 1.20. The van der Waals surface area contributed by atoms with Crippen molar-refractivity contribution in [1.29, 1.82) is 0 Å². The molecule has 0 spiro atoms. The molecule has 0 radical (unpaired) electrons. The number of nitrogens with one attached hydrogen (secondary N) is 1. The molecule has 0 aliphatic heterocycles. The fourth-order valence-corrected chi connectivity index (χ4v) is 2.75. The lowest BCUT2D eigenvalue weighted by atomic mass is 10.1. The van der Waals surface area contributed by atoms with Gasteiger partial charge in [-0.05, 0) is 31.0 Å². The maximum Gasteiger partial charge on any atom is 0.261 e. The van der Waals surface area contributed by atoms with Gasteiger partial charge in [0.05, 0.1) is 9.75 Å². The molecule has 0 fully saturated rings. The van der Waals surface area contributed by atoms with Gasteiger partial charge < -0.3 is 10.4 Å². The Balaban J connectivity index is 1.93. The second kappa shape index (κ2) is 7.63. The Morgan fingerprint density at radius 3 is 2.76 bits per heavy atom. The molecule has 0 aliphatic rings. The standard InChI is InChI=1S/C17H17NO2S/c1-13(12-14-6-3-2-4-7-14)18-17(20)16-10-9-15(21-16)8-5-11-19/h2-4,6-7,9-10,13,19H,11-12H2,1H3,(H,18,20). The first-order valence-electron chi connectivity index (χ1n) is 6.73. The molecule has 1 aromatic heterocycles. The van der Waals surface area contributed by atoms with E-state index in [9.17, 15) is 4.79 Å². The van der Waals surface area contributed by atoms with Crippen molar-refractivity contribution in [2.45, 2.75) is 19.4 Å². The van der Waals surface area contributed by atoms with Crippen LogP contribution in [0.2, 0.25) is 0 Å². The second-order valence-corrected chi connectivity index (χ2v) is 5.77. The zero-order chi connectivity index (χ0) is 15.1. The van der Waals surface area contributed by atoms with Crippen LogP contribution in [0.4, 0.5) is 0 Å². The highest BCUT2D eigenvalue weighted by Gasteiger charge is 2.12. The lowest BCUT2D eigenvalue weighted by Gasteiger charge is -2.13. The van der Waals surface area contributed by atoms with Crippen molar-refractivity contribution in [1.82, 2.24) is 5.32 Å². The van der Waals surface area contributed by atoms with E-state index in [1.54, 1.807) is 12.1 Å². The Bertz CT molecular complexity index is 652. The number of benzene rings is 1. The number of aliphatic hydroxyl groups excluding tert-OH is 1. The van der Waals surface area contributed by atoms with Crippen LogP contribution in [0.5, 0.6) is 0 Å². The van der Waals surface area contributed by atoms with E-state index in [0.29, 0.717) is 4.88 Å². The molecule has 21 heavy (non-hydrogen) atoms. The summed E-state index contributed by atoms with van der Waals surface area (Å²) < 4.78 is 0. The summed E-state index contributed by atoms with van der Waals surface area (Å²) in [6.45, 7) is 1.82. The van der Waals surface area contributed by atoms with Crippen LogP contribution in [0.1, 0.15) is 27.0 Å². The van der Waals surface area contributed by atoms with E-state index in [1.807, 2.05) is 25.1 Å². The average molecular weight is 299 g/mol. The normalized spacial score (nSPS) is 11.3. The first kappa shape index (κ1) is 15.3. The Hall–Kier alpha value is -2.09. The number of hydrogen-bond acceptors (Lipinski definition) is 3. The van der Waals surface area contributed by atoms with Gasteiger partial charge >= 0.3 is 0 Å². The van der Waals surface area contributed by atoms with Gasteiger partial charge in [-0.15, -0.1) is 11.3 Å². The molecule has 0 saturated carbocycles. The SMILES string of the molecule is CC(Cc1ccccc1)NC(=O)c1ccc(C#CCO)s1. The minimum atomic E-state index is -0.173. The molecule has 0 saturated heterocycles. The number of carbonyl (C=O) groups is 1. The second-order valence-electron chi connectivity index (χ2n) is 4.69. The third kappa shape index (κ3) is 4.75. The number of thiophene rings is 1. The van der Waals surface area contributed by atoms with Gasteiger partial charge in [0.2, 0.25) is 0 Å². The summed E-state index contributed by atoms with van der Waals surface area (Å²) in [5, 5.41) is 11.6. The average Bonchev–Trinajstić information content (AvgIpc) is 2.95. The molecule has 1 atom stereocenters. The molecule has 0 aliphatic carbocycles. The lowest BCUT2D eigenvalue weighted by Crippen LogP contribution is -2.33. The first-order chi connectivity index (χ1) is 10.2. The maximum atomic E-state index is 12.1. The van der Waals surface area contributed by atoms with Crippen LogP contribution in [0.25, 0.3) is 0 Å². The van der Waals surface area contributed by atoms with Gasteiger partial charge in [-0.25, -0.2) is 0 Å². The quantitative estimate of drug-likeness (QED) is 0.852. The van der Waals surface area contributed by atoms with Gasteiger partial charge in [0.15, 0.2) is 0 Å². The van der Waals surface area contributed by atoms with Gasteiger partial charge in [0, 0.05) is 6.04 Å². The number of aliphatic hydroxyl groups is 1. The zero-order valence-electron chi connectivity index (χ0n) is 11.8. The molecule has 108 valence electrons. The molecule has 1 heterocycles. The molecule has 4 heteroatoms. The first-order valence-corrected chi connectivity index (χ1v) is 7.55. The fourth-order valence-electron chi connectivity index (χ4n) is 1.97. The molecular weight excluding hydrogens is 282 g/mol. The molecule has 1 aromatic carbocycles. The van der Waals surface area contributed by atoms with Crippen molar-refractivity contribution in [2.75, 3.05) is 6.61 Å². The number of rotatable bonds is 4. The topological polar surface area (TPSA) is 49.3 Å². The zero-order valence-corrected chi connectivity index (χ0v) is 12.6. The Labute approximate surface area is 128 Å². The van der Waals surface area contributed by atoms with Gasteiger partial charge in [0.1, 0.15) is 6.61 Å². The highest BCUT2D eigenvalue weighted by atomic mass is 32.1. The largest absolute Gasteiger partial charge is 0.384 e. The summed E-state index contributed by atoms with van der Waals surface area (Å²) >= 11 is 1.33. The molecule has 1 amide bonds. The Kier molecular flexibility index (Phi) is 5.56. The smallest absolute Gasteiger partial charge is 0.261 e. The van der Waals surface area contributed by atoms with Crippen LogP contribution < -0.4 is 5.32 Å². The molecular formula is C17H17NO2S. The third-order valence-corrected chi connectivity index (χ3v) is 3.88. The van der Waals surface area contributed by atoms with Crippen molar-refractivity contribution >= 4 is 17.2 Å². The van der Waals surface area contributed by atoms with Crippen LogP contribution in [-0.2, 0) is 6.42 Å². The van der Waals surface area contributed by atoms with Crippen LogP contribution in [0.15, 0.2) is 42.5 Å². The van der Waals surface area contributed by atoms with Crippen LogP contribution in [0.3, 0.4) is 0 Å². The van der Waals surface area contributed by atoms with Crippen molar-refractivity contribution < 1.29 is 9.90 Å². The third-order valence-electron chi connectivity index (χ3n) is 2.88. The molecule has 3 nitrogen and oxygen atoms in total. The summed E-state index contributed by atoms with van der Waals surface area (Å²) in [6.07, 6.45) is 0.801. The number of amides is 1. The van der Waals surface area contributed by atoms with Crippen LogP contribution in [0, 0.1) is 11.8 Å². The van der Waals surface area contributed by atoms with Crippen molar-refractivity contribution in [3.63, 3.8) is 0 Å². The molecule has 2 aromatic rings. The summed E-state index contributed by atoms with van der Waals surface area (Å²) in [6, 6.07) is 13.7. The summed E-state index contributed by atoms with van der Waals surface area (Å²) in [5.74, 6) is 5.29. The predicted octanol–water partition coefficient (Wildman–Crippen LogP) is 2.45. The van der Waals surface area contributed by atoms with Gasteiger partial charge in [-0.2, -0.15) is 0 Å². The van der Waals surface area contributed by atoms with E-state index in [0.717, 1.165) is 11.3 Å². The molecule has 2 rings (SSSR count). The monoisotopic (exact) mass is 299 g/mol. The maximum absolute atomic E-state index is 12.1. The highest BCUT2D eigenvalue weighted by Crippen LogP contribution is 2.15. The van der Waals surface area contributed by atoms with Gasteiger partial charge in [-0.3, -0.25) is 4.79 Å². The van der Waals surface area contributed by atoms with E-state index < -0.39 is 0 Å². The van der Waals surface area contributed by atoms with Crippen LogP contribution in [-0.4, -0.2) is 23.7 Å². The summed E-state index contributed by atoms with van der Waals surface area (Å²) in [4.78, 5) is 13.6. The van der Waals surface area contributed by atoms with Crippen LogP contribution >= 0.6 is 11.3 Å². The minimum absolute atomic E-state index is 0.0639. The van der Waals surface area contributed by atoms with Gasteiger partial charge in [0.25, 0.3) is 5.91 Å². The van der Waals surface area contributed by atoms with E-state index >= 15 is 0 Å². The number of carbonyl (C=O) groups excluding carboxylic acids is 1. The molecule has 0 bridgehead atoms. The molecule has 1 unspecified atom stereocenters.